The molecule has 1 saturated heterocycles. The summed E-state index contributed by atoms with van der Waals surface area (Å²) in [6.07, 6.45) is 2.77. The van der Waals surface area contributed by atoms with Crippen LogP contribution in [0.5, 0.6) is 0 Å². The second kappa shape index (κ2) is 5.18. The van der Waals surface area contributed by atoms with Gasteiger partial charge in [0.15, 0.2) is 0 Å². The SMILES string of the molecule is Cc1c(C2=CC3C(CO)CCN3C2=O)ccc(C#N)c1Cl. The number of hydrogen-bond donors (Lipinski definition) is 1. The van der Waals surface area contributed by atoms with E-state index in [-0.39, 0.29) is 24.5 Å². The quantitative estimate of drug-likeness (QED) is 0.910. The fourth-order valence-electron chi connectivity index (χ4n) is 3.21. The van der Waals surface area contributed by atoms with E-state index >= 15 is 0 Å². The number of aliphatic hydroxyl groups is 1. The zero-order valence-electron chi connectivity index (χ0n) is 11.6. The lowest BCUT2D eigenvalue weighted by Gasteiger charge is -2.18. The van der Waals surface area contributed by atoms with Gasteiger partial charge in [-0.3, -0.25) is 4.79 Å². The third kappa shape index (κ3) is 2.05. The number of carbonyl (C=O) groups excluding carboxylic acids is 1. The topological polar surface area (TPSA) is 64.3 Å². The van der Waals surface area contributed by atoms with Crippen LogP contribution in [0.15, 0.2) is 18.2 Å². The molecule has 0 saturated carbocycles. The lowest BCUT2D eigenvalue weighted by Crippen LogP contribution is -2.31. The lowest BCUT2D eigenvalue weighted by molar-refractivity contribution is -0.124. The number of nitriles is 1. The van der Waals surface area contributed by atoms with Gasteiger partial charge in [0.1, 0.15) is 6.07 Å². The Morgan fingerprint density at radius 2 is 2.29 bits per heavy atom. The van der Waals surface area contributed by atoms with Crippen molar-refractivity contribution in [3.63, 3.8) is 0 Å². The monoisotopic (exact) mass is 302 g/mol. The van der Waals surface area contributed by atoms with Gasteiger partial charge in [-0.2, -0.15) is 5.26 Å². The van der Waals surface area contributed by atoms with Crippen molar-refractivity contribution in [1.82, 2.24) is 4.90 Å². The molecule has 2 heterocycles. The Labute approximate surface area is 128 Å². The van der Waals surface area contributed by atoms with Crippen molar-refractivity contribution in [2.75, 3.05) is 13.2 Å². The number of amides is 1. The minimum atomic E-state index is -0.0219. The van der Waals surface area contributed by atoms with Gasteiger partial charge in [-0.05, 0) is 36.6 Å². The van der Waals surface area contributed by atoms with E-state index in [4.69, 9.17) is 16.9 Å². The fraction of sp³-hybridized carbons (Fsp3) is 0.375. The van der Waals surface area contributed by atoms with Gasteiger partial charge in [-0.25, -0.2) is 0 Å². The number of carbonyl (C=O) groups is 1. The number of hydrogen-bond acceptors (Lipinski definition) is 3. The molecule has 2 aliphatic rings. The highest BCUT2D eigenvalue weighted by molar-refractivity contribution is 6.33. The number of fused-ring (bicyclic) bond motifs is 1. The first kappa shape index (κ1) is 14.1. The summed E-state index contributed by atoms with van der Waals surface area (Å²) in [7, 11) is 0. The first-order chi connectivity index (χ1) is 10.1. The molecule has 0 bridgehead atoms. The van der Waals surface area contributed by atoms with Crippen molar-refractivity contribution in [2.24, 2.45) is 5.92 Å². The fourth-order valence-corrected chi connectivity index (χ4v) is 3.41. The maximum atomic E-state index is 12.5. The molecule has 1 aromatic rings. The Kier molecular flexibility index (Phi) is 3.48. The summed E-state index contributed by atoms with van der Waals surface area (Å²) in [5.41, 5.74) is 2.56. The third-order valence-corrected chi connectivity index (χ3v) is 4.93. The van der Waals surface area contributed by atoms with Crippen molar-refractivity contribution in [1.29, 1.82) is 5.26 Å². The highest BCUT2D eigenvalue weighted by Crippen LogP contribution is 2.38. The standard InChI is InChI=1S/C16H15ClN2O2/c1-9-12(3-2-10(7-18)15(9)17)13-6-14-11(8-20)4-5-19(14)16(13)21/h2-3,6,11,14,20H,4-5,8H2,1H3. The van der Waals surface area contributed by atoms with Crippen LogP contribution in [0.3, 0.4) is 0 Å². The van der Waals surface area contributed by atoms with Crippen LogP contribution in [0, 0.1) is 24.2 Å². The molecule has 1 fully saturated rings. The number of benzene rings is 1. The molecule has 0 radical (unpaired) electrons. The normalized spacial score (nSPS) is 24.0. The molecule has 0 aromatic heterocycles. The second-order valence-electron chi connectivity index (χ2n) is 5.51. The van der Waals surface area contributed by atoms with Gasteiger partial charge in [0.2, 0.25) is 0 Å². The average molecular weight is 303 g/mol. The summed E-state index contributed by atoms with van der Waals surface area (Å²) in [6, 6.07) is 5.44. The Hall–Kier alpha value is -1.83. The molecular formula is C16H15ClN2O2. The molecule has 4 nitrogen and oxygen atoms in total. The first-order valence-corrected chi connectivity index (χ1v) is 7.29. The minimum Gasteiger partial charge on any atom is -0.396 e. The third-order valence-electron chi connectivity index (χ3n) is 4.44. The highest BCUT2D eigenvalue weighted by atomic mass is 35.5. The molecular weight excluding hydrogens is 288 g/mol. The van der Waals surface area contributed by atoms with E-state index < -0.39 is 0 Å². The Bertz CT molecular complexity index is 690. The van der Waals surface area contributed by atoms with Crippen molar-refractivity contribution < 1.29 is 9.90 Å². The molecule has 0 aliphatic carbocycles. The number of aliphatic hydroxyl groups excluding tert-OH is 1. The zero-order chi connectivity index (χ0) is 15.1. The summed E-state index contributed by atoms with van der Waals surface area (Å²) in [5, 5.41) is 18.8. The second-order valence-corrected chi connectivity index (χ2v) is 5.89. The highest BCUT2D eigenvalue weighted by Gasteiger charge is 2.42. The van der Waals surface area contributed by atoms with Crippen molar-refractivity contribution in [2.45, 2.75) is 19.4 Å². The van der Waals surface area contributed by atoms with E-state index in [1.165, 1.54) is 0 Å². The number of halogens is 1. The van der Waals surface area contributed by atoms with Crippen LogP contribution >= 0.6 is 11.6 Å². The van der Waals surface area contributed by atoms with Crippen LogP contribution in [0.2, 0.25) is 5.02 Å². The predicted octanol–water partition coefficient (Wildman–Crippen LogP) is 2.13. The molecule has 3 rings (SSSR count). The molecule has 108 valence electrons. The number of rotatable bonds is 2. The van der Waals surface area contributed by atoms with Crippen molar-refractivity contribution in [3.8, 4) is 6.07 Å². The Morgan fingerprint density at radius 1 is 1.52 bits per heavy atom. The van der Waals surface area contributed by atoms with Crippen molar-refractivity contribution >= 4 is 23.1 Å². The van der Waals surface area contributed by atoms with Crippen LogP contribution in [-0.2, 0) is 4.79 Å². The van der Waals surface area contributed by atoms with Gasteiger partial charge in [0, 0.05) is 24.6 Å². The summed E-state index contributed by atoms with van der Waals surface area (Å²) >= 11 is 6.19. The van der Waals surface area contributed by atoms with E-state index in [9.17, 15) is 9.90 Å². The summed E-state index contributed by atoms with van der Waals surface area (Å²) in [6.45, 7) is 2.59. The van der Waals surface area contributed by atoms with E-state index in [0.29, 0.717) is 22.7 Å². The minimum absolute atomic E-state index is 0.0141. The maximum Gasteiger partial charge on any atom is 0.254 e. The van der Waals surface area contributed by atoms with Crippen LogP contribution in [0.4, 0.5) is 0 Å². The largest absolute Gasteiger partial charge is 0.396 e. The van der Waals surface area contributed by atoms with E-state index in [1.807, 2.05) is 24.0 Å². The molecule has 1 aromatic carbocycles. The molecule has 0 spiro atoms. The zero-order valence-corrected chi connectivity index (χ0v) is 12.4. The molecule has 21 heavy (non-hydrogen) atoms. The van der Waals surface area contributed by atoms with Gasteiger partial charge < -0.3 is 10.0 Å². The smallest absolute Gasteiger partial charge is 0.254 e. The Morgan fingerprint density at radius 3 is 2.95 bits per heavy atom. The van der Waals surface area contributed by atoms with Crippen LogP contribution < -0.4 is 0 Å². The molecule has 2 unspecified atom stereocenters. The van der Waals surface area contributed by atoms with Gasteiger partial charge in [0.25, 0.3) is 5.91 Å². The average Bonchev–Trinajstić information content (AvgIpc) is 3.02. The lowest BCUT2D eigenvalue weighted by atomic mass is 9.95. The van der Waals surface area contributed by atoms with Gasteiger partial charge in [0.05, 0.1) is 16.6 Å². The van der Waals surface area contributed by atoms with Crippen molar-refractivity contribution in [3.05, 3.63) is 39.9 Å². The van der Waals surface area contributed by atoms with Crippen LogP contribution in [0.25, 0.3) is 5.57 Å². The van der Waals surface area contributed by atoms with Gasteiger partial charge >= 0.3 is 0 Å². The summed E-state index contributed by atoms with van der Waals surface area (Å²) < 4.78 is 0. The molecule has 2 atom stereocenters. The molecule has 2 aliphatic heterocycles. The van der Waals surface area contributed by atoms with E-state index in [1.54, 1.807) is 12.1 Å². The summed E-state index contributed by atoms with van der Waals surface area (Å²) in [4.78, 5) is 14.3. The summed E-state index contributed by atoms with van der Waals surface area (Å²) in [5.74, 6) is 0.0976. The van der Waals surface area contributed by atoms with Crippen LogP contribution in [-0.4, -0.2) is 35.1 Å². The molecule has 1 N–H and O–H groups in total. The predicted molar refractivity (Wildman–Crippen MR) is 79.6 cm³/mol. The Balaban J connectivity index is 2.04. The molecule has 1 amide bonds. The molecule has 5 heteroatoms. The van der Waals surface area contributed by atoms with E-state index in [0.717, 1.165) is 17.5 Å². The van der Waals surface area contributed by atoms with Gasteiger partial charge in [-0.15, -0.1) is 0 Å². The van der Waals surface area contributed by atoms with Gasteiger partial charge in [-0.1, -0.05) is 17.7 Å². The first-order valence-electron chi connectivity index (χ1n) is 6.91. The maximum absolute atomic E-state index is 12.5. The van der Waals surface area contributed by atoms with E-state index in [2.05, 4.69) is 0 Å². The van der Waals surface area contributed by atoms with Crippen LogP contribution in [0.1, 0.15) is 23.1 Å². The number of nitrogens with zero attached hydrogens (tertiary/aromatic N) is 2.